The molecule has 0 saturated heterocycles. The highest BCUT2D eigenvalue weighted by Crippen LogP contribution is 2.35. The Morgan fingerprint density at radius 1 is 1.20 bits per heavy atom. The third kappa shape index (κ3) is 2.52. The number of rotatable bonds is 4. The van der Waals surface area contributed by atoms with Gasteiger partial charge in [-0.2, -0.15) is 0 Å². The lowest BCUT2D eigenvalue weighted by Crippen LogP contribution is -2.22. The molecule has 0 amide bonds. The predicted octanol–water partition coefficient (Wildman–Crippen LogP) is 2.30. The van der Waals surface area contributed by atoms with E-state index in [-0.39, 0.29) is 11.3 Å². The zero-order chi connectivity index (χ0) is 13.9. The maximum atomic E-state index is 6.12. The summed E-state index contributed by atoms with van der Waals surface area (Å²) in [5, 5.41) is 9.34. The molecular formula is C14H15N5S. The summed E-state index contributed by atoms with van der Waals surface area (Å²) in [6.07, 6.45) is 5.57. The van der Waals surface area contributed by atoms with Crippen LogP contribution in [-0.4, -0.2) is 25.6 Å². The molecule has 0 aliphatic rings. The van der Waals surface area contributed by atoms with E-state index in [9.17, 15) is 0 Å². The monoisotopic (exact) mass is 285 g/mol. The molecule has 20 heavy (non-hydrogen) atoms. The molecule has 0 bridgehead atoms. The molecule has 102 valence electrons. The van der Waals surface area contributed by atoms with Gasteiger partial charge >= 0.3 is 0 Å². The number of thioether (sulfide) groups is 1. The van der Waals surface area contributed by atoms with E-state index in [1.54, 1.807) is 18.0 Å². The Kier molecular flexibility index (Phi) is 3.66. The Hall–Kier alpha value is -1.92. The molecule has 0 radical (unpaired) electrons. The summed E-state index contributed by atoms with van der Waals surface area (Å²) in [5.74, 6) is 0. The van der Waals surface area contributed by atoms with Crippen molar-refractivity contribution in [2.45, 2.75) is 23.4 Å². The molecule has 5 nitrogen and oxygen atoms in total. The highest BCUT2D eigenvalue weighted by atomic mass is 32.2. The fourth-order valence-corrected chi connectivity index (χ4v) is 3.11. The minimum Gasteiger partial charge on any atom is -0.327 e. The van der Waals surface area contributed by atoms with E-state index in [2.05, 4.69) is 15.2 Å². The number of nitrogens with zero attached hydrogens (tertiary/aromatic N) is 4. The van der Waals surface area contributed by atoms with Crippen LogP contribution in [0.15, 0.2) is 54.1 Å². The largest absolute Gasteiger partial charge is 0.327 e. The summed E-state index contributed by atoms with van der Waals surface area (Å²) in [4.78, 5) is 4.17. The van der Waals surface area contributed by atoms with Gasteiger partial charge in [0.15, 0.2) is 10.8 Å². The number of hydrogen-bond donors (Lipinski definition) is 1. The Balaban J connectivity index is 1.95. The van der Waals surface area contributed by atoms with Crippen LogP contribution in [-0.2, 0) is 0 Å². The number of fused-ring (bicyclic) bond motifs is 1. The molecule has 0 fully saturated rings. The number of hydrogen-bond acceptors (Lipinski definition) is 5. The first-order valence-corrected chi connectivity index (χ1v) is 7.25. The van der Waals surface area contributed by atoms with Gasteiger partial charge in [0.2, 0.25) is 0 Å². The van der Waals surface area contributed by atoms with Gasteiger partial charge in [0.1, 0.15) is 0 Å². The normalized spacial score (nSPS) is 14.3. The molecule has 0 spiro atoms. The predicted molar refractivity (Wildman–Crippen MR) is 79.5 cm³/mol. The zero-order valence-corrected chi connectivity index (χ0v) is 11.9. The Bertz CT molecular complexity index is 695. The highest BCUT2D eigenvalue weighted by Gasteiger charge is 2.20. The van der Waals surface area contributed by atoms with E-state index in [0.717, 1.165) is 16.4 Å². The second kappa shape index (κ2) is 5.60. The Labute approximate surface area is 121 Å². The lowest BCUT2D eigenvalue weighted by atomic mass is 10.1. The molecule has 2 N–H and O–H groups in total. The maximum absolute atomic E-state index is 6.12. The smallest absolute Gasteiger partial charge is 0.196 e. The first-order chi connectivity index (χ1) is 9.75. The molecule has 2 unspecified atom stereocenters. The van der Waals surface area contributed by atoms with Crippen molar-refractivity contribution in [3.63, 3.8) is 0 Å². The summed E-state index contributed by atoms with van der Waals surface area (Å²) < 4.78 is 1.97. The minimum absolute atomic E-state index is 0.0136. The van der Waals surface area contributed by atoms with E-state index in [4.69, 9.17) is 5.73 Å². The first-order valence-electron chi connectivity index (χ1n) is 6.37. The Morgan fingerprint density at radius 3 is 2.85 bits per heavy atom. The summed E-state index contributed by atoms with van der Waals surface area (Å²) in [6, 6.07) is 9.79. The van der Waals surface area contributed by atoms with E-state index in [1.165, 1.54) is 0 Å². The van der Waals surface area contributed by atoms with Crippen molar-refractivity contribution >= 4 is 17.4 Å². The van der Waals surface area contributed by atoms with Crippen molar-refractivity contribution in [2.75, 3.05) is 0 Å². The van der Waals surface area contributed by atoms with Gasteiger partial charge < -0.3 is 5.73 Å². The number of aromatic nitrogens is 4. The average Bonchev–Trinajstić information content (AvgIpc) is 2.88. The number of pyridine rings is 2. The van der Waals surface area contributed by atoms with Gasteiger partial charge in [-0.05, 0) is 30.7 Å². The topological polar surface area (TPSA) is 69.1 Å². The molecule has 0 aliphatic heterocycles. The van der Waals surface area contributed by atoms with Crippen LogP contribution >= 0.6 is 11.8 Å². The van der Waals surface area contributed by atoms with Gasteiger partial charge in [-0.3, -0.25) is 9.38 Å². The van der Waals surface area contributed by atoms with Crippen molar-refractivity contribution in [3.8, 4) is 0 Å². The molecule has 6 heteroatoms. The van der Waals surface area contributed by atoms with E-state index < -0.39 is 0 Å². The van der Waals surface area contributed by atoms with Crippen LogP contribution in [0.3, 0.4) is 0 Å². The summed E-state index contributed by atoms with van der Waals surface area (Å²) in [6.45, 7) is 1.99. The fraction of sp³-hybridized carbons (Fsp3) is 0.214. The average molecular weight is 285 g/mol. The van der Waals surface area contributed by atoms with Gasteiger partial charge in [0, 0.05) is 24.6 Å². The second-order valence-corrected chi connectivity index (χ2v) is 5.70. The molecule has 0 saturated carbocycles. The van der Waals surface area contributed by atoms with Gasteiger partial charge in [0.05, 0.1) is 5.25 Å². The second-order valence-electron chi connectivity index (χ2n) is 4.60. The third-order valence-electron chi connectivity index (χ3n) is 3.01. The van der Waals surface area contributed by atoms with Crippen molar-refractivity contribution in [1.29, 1.82) is 0 Å². The molecule has 2 atom stereocenters. The summed E-state index contributed by atoms with van der Waals surface area (Å²) in [5.41, 5.74) is 8.06. The van der Waals surface area contributed by atoms with Gasteiger partial charge in [-0.1, -0.05) is 23.9 Å². The highest BCUT2D eigenvalue weighted by molar-refractivity contribution is 7.99. The van der Waals surface area contributed by atoms with E-state index >= 15 is 0 Å². The van der Waals surface area contributed by atoms with Crippen molar-refractivity contribution in [2.24, 2.45) is 5.73 Å². The number of nitrogens with two attached hydrogens (primary N) is 1. The lowest BCUT2D eigenvalue weighted by Gasteiger charge is -2.19. The summed E-state index contributed by atoms with van der Waals surface area (Å²) >= 11 is 1.61. The van der Waals surface area contributed by atoms with Crippen molar-refractivity contribution in [3.05, 3.63) is 54.5 Å². The fourth-order valence-electron chi connectivity index (χ4n) is 2.04. The molecule has 3 rings (SSSR count). The zero-order valence-electron chi connectivity index (χ0n) is 11.0. The van der Waals surface area contributed by atoms with Crippen LogP contribution in [0.5, 0.6) is 0 Å². The molecule has 3 aromatic heterocycles. The molecule has 3 heterocycles. The van der Waals surface area contributed by atoms with Crippen LogP contribution in [0.1, 0.15) is 17.7 Å². The lowest BCUT2D eigenvalue weighted by molar-refractivity contribution is 0.714. The van der Waals surface area contributed by atoms with Crippen LogP contribution in [0, 0.1) is 0 Å². The van der Waals surface area contributed by atoms with Gasteiger partial charge in [-0.15, -0.1) is 10.2 Å². The standard InChI is InChI=1S/C14H15N5S/c1-10(15)13(11-5-4-7-16-9-11)20-14-18-17-12-6-2-3-8-19(12)14/h2-10,13H,15H2,1H3. The molecule has 0 aliphatic carbocycles. The maximum Gasteiger partial charge on any atom is 0.196 e. The third-order valence-corrected chi connectivity index (χ3v) is 4.45. The molecule has 0 aromatic carbocycles. The summed E-state index contributed by atoms with van der Waals surface area (Å²) in [7, 11) is 0. The van der Waals surface area contributed by atoms with Crippen molar-refractivity contribution in [1.82, 2.24) is 19.6 Å². The van der Waals surface area contributed by atoms with Crippen LogP contribution in [0.4, 0.5) is 0 Å². The van der Waals surface area contributed by atoms with Gasteiger partial charge in [-0.25, -0.2) is 0 Å². The van der Waals surface area contributed by atoms with Crippen LogP contribution < -0.4 is 5.73 Å². The van der Waals surface area contributed by atoms with E-state index in [0.29, 0.717) is 0 Å². The van der Waals surface area contributed by atoms with Gasteiger partial charge in [0.25, 0.3) is 0 Å². The minimum atomic E-state index is -0.0136. The molecular weight excluding hydrogens is 270 g/mol. The van der Waals surface area contributed by atoms with Crippen molar-refractivity contribution < 1.29 is 0 Å². The first kappa shape index (κ1) is 13.1. The Morgan fingerprint density at radius 2 is 2.10 bits per heavy atom. The van der Waals surface area contributed by atoms with E-state index in [1.807, 2.05) is 54.0 Å². The molecule has 3 aromatic rings. The SMILES string of the molecule is CC(N)C(Sc1nnc2ccccn12)c1cccnc1. The van der Waals surface area contributed by atoms with Crippen LogP contribution in [0.25, 0.3) is 5.65 Å². The quantitative estimate of drug-likeness (QED) is 0.745. The van der Waals surface area contributed by atoms with Crippen LogP contribution in [0.2, 0.25) is 0 Å².